The molecule has 3 nitrogen and oxygen atoms in total. The zero-order chi connectivity index (χ0) is 22.6. The molecule has 1 heterocycles. The van der Waals surface area contributed by atoms with Crippen molar-refractivity contribution < 1.29 is 5.11 Å². The molecule has 2 aliphatic carbocycles. The molecule has 6 unspecified atom stereocenters. The summed E-state index contributed by atoms with van der Waals surface area (Å²) in [5.74, 6) is 2.97. The van der Waals surface area contributed by atoms with Crippen molar-refractivity contribution in [2.45, 2.75) is 83.0 Å². The Bertz CT molecular complexity index is 582. The fourth-order valence-corrected chi connectivity index (χ4v) is 6.90. The second kappa shape index (κ2) is 11.6. The highest BCUT2D eigenvalue weighted by Gasteiger charge is 2.40. The molecular formula is C26H46Cl2N2O. The molecule has 0 radical (unpaired) electrons. The highest BCUT2D eigenvalue weighted by atomic mass is 35.5. The SMILES string of the molecule is CC(C)[C@H](CN1CCC(C2C=CC(Cl)CC2)C(C)(C)C1)NCC1CCC(Cl)C(CO)C1. The van der Waals surface area contributed by atoms with E-state index in [1.807, 2.05) is 0 Å². The molecule has 5 heteroatoms. The molecule has 3 rings (SSSR count). The van der Waals surface area contributed by atoms with E-state index in [0.29, 0.717) is 29.2 Å². The minimum atomic E-state index is 0.153. The molecule has 0 bridgehead atoms. The van der Waals surface area contributed by atoms with Crippen LogP contribution in [0.15, 0.2) is 12.2 Å². The quantitative estimate of drug-likeness (QED) is 0.359. The number of likely N-dealkylation sites (tertiary alicyclic amines) is 1. The van der Waals surface area contributed by atoms with Gasteiger partial charge in [0.25, 0.3) is 0 Å². The largest absolute Gasteiger partial charge is 0.396 e. The molecule has 2 fully saturated rings. The van der Waals surface area contributed by atoms with Gasteiger partial charge in [-0.3, -0.25) is 0 Å². The predicted molar refractivity (Wildman–Crippen MR) is 134 cm³/mol. The van der Waals surface area contributed by atoms with Gasteiger partial charge < -0.3 is 15.3 Å². The topological polar surface area (TPSA) is 35.5 Å². The van der Waals surface area contributed by atoms with Crippen molar-refractivity contribution in [1.29, 1.82) is 0 Å². The van der Waals surface area contributed by atoms with E-state index in [2.05, 4.69) is 50.1 Å². The lowest BCUT2D eigenvalue weighted by atomic mass is 9.65. The van der Waals surface area contributed by atoms with Crippen LogP contribution in [0.3, 0.4) is 0 Å². The zero-order valence-electron chi connectivity index (χ0n) is 20.2. The van der Waals surface area contributed by atoms with Crippen molar-refractivity contribution in [3.63, 3.8) is 0 Å². The Balaban J connectivity index is 1.51. The van der Waals surface area contributed by atoms with Gasteiger partial charge in [-0.1, -0.05) is 39.8 Å². The van der Waals surface area contributed by atoms with Crippen LogP contribution in [0.25, 0.3) is 0 Å². The van der Waals surface area contributed by atoms with Gasteiger partial charge in [-0.05, 0) is 86.6 Å². The van der Waals surface area contributed by atoms with Gasteiger partial charge in [0.15, 0.2) is 0 Å². The fourth-order valence-electron chi connectivity index (χ4n) is 6.38. The van der Waals surface area contributed by atoms with Crippen molar-refractivity contribution in [2.24, 2.45) is 35.0 Å². The summed E-state index contributed by atoms with van der Waals surface area (Å²) < 4.78 is 0. The number of halogens is 2. The molecule has 0 aromatic rings. The van der Waals surface area contributed by atoms with Gasteiger partial charge in [-0.15, -0.1) is 23.2 Å². The number of hydrogen-bond donors (Lipinski definition) is 2. The van der Waals surface area contributed by atoms with Crippen LogP contribution in [0.1, 0.15) is 66.2 Å². The molecule has 0 amide bonds. The van der Waals surface area contributed by atoms with Crippen LogP contribution in [0.2, 0.25) is 0 Å². The van der Waals surface area contributed by atoms with Crippen LogP contribution in [0.4, 0.5) is 0 Å². The monoisotopic (exact) mass is 472 g/mol. The highest BCUT2D eigenvalue weighted by molar-refractivity contribution is 6.21. The Labute approximate surface area is 201 Å². The van der Waals surface area contributed by atoms with Crippen LogP contribution in [0, 0.1) is 35.0 Å². The summed E-state index contributed by atoms with van der Waals surface area (Å²) in [5.41, 5.74) is 0.334. The van der Waals surface area contributed by atoms with Crippen LogP contribution < -0.4 is 5.32 Å². The summed E-state index contributed by atoms with van der Waals surface area (Å²) in [7, 11) is 0. The van der Waals surface area contributed by atoms with Crippen molar-refractivity contribution in [2.75, 3.05) is 32.8 Å². The number of aliphatic hydroxyl groups is 1. The number of allylic oxidation sites excluding steroid dienone is 2. The summed E-state index contributed by atoms with van der Waals surface area (Å²) in [6.45, 7) is 14.4. The van der Waals surface area contributed by atoms with E-state index in [4.69, 9.17) is 23.2 Å². The van der Waals surface area contributed by atoms with Gasteiger partial charge in [0, 0.05) is 31.1 Å². The molecule has 31 heavy (non-hydrogen) atoms. The van der Waals surface area contributed by atoms with Gasteiger partial charge >= 0.3 is 0 Å². The maximum absolute atomic E-state index is 9.62. The number of nitrogens with zero attached hydrogens (tertiary/aromatic N) is 1. The molecule has 7 atom stereocenters. The Morgan fingerprint density at radius 3 is 2.48 bits per heavy atom. The third-order valence-corrected chi connectivity index (χ3v) is 9.35. The lowest BCUT2D eigenvalue weighted by Gasteiger charge is -2.48. The summed E-state index contributed by atoms with van der Waals surface area (Å²) >= 11 is 12.7. The number of piperidine rings is 1. The van der Waals surface area contributed by atoms with Gasteiger partial charge in [0.05, 0.1) is 5.38 Å². The maximum Gasteiger partial charge on any atom is 0.0516 e. The number of alkyl halides is 2. The standard InChI is InChI=1S/C26H46Cl2N2O/c1-18(2)25(29-14-19-5-10-24(28)21(13-19)16-31)15-30-12-11-23(26(3,4)17-30)20-6-8-22(27)9-7-20/h6,8,18-25,29,31H,5,7,9-17H2,1-4H3/t19?,20?,21?,22?,23?,24?,25-/m0/s1. The minimum absolute atomic E-state index is 0.153. The van der Waals surface area contributed by atoms with Crippen molar-refractivity contribution in [3.05, 3.63) is 12.2 Å². The van der Waals surface area contributed by atoms with Crippen LogP contribution in [0.5, 0.6) is 0 Å². The van der Waals surface area contributed by atoms with E-state index in [1.165, 1.54) is 32.4 Å². The summed E-state index contributed by atoms with van der Waals surface area (Å²) in [6, 6.07) is 0.514. The smallest absolute Gasteiger partial charge is 0.0516 e. The second-order valence-corrected chi connectivity index (χ2v) is 12.8. The molecule has 1 aliphatic heterocycles. The van der Waals surface area contributed by atoms with Crippen LogP contribution in [-0.4, -0.2) is 59.6 Å². The average Bonchev–Trinajstić information content (AvgIpc) is 2.72. The van der Waals surface area contributed by atoms with E-state index in [-0.39, 0.29) is 23.3 Å². The first-order valence-electron chi connectivity index (χ1n) is 12.7. The van der Waals surface area contributed by atoms with Crippen molar-refractivity contribution >= 4 is 23.2 Å². The van der Waals surface area contributed by atoms with Gasteiger partial charge in [0.1, 0.15) is 0 Å². The fraction of sp³-hybridized carbons (Fsp3) is 0.923. The van der Waals surface area contributed by atoms with E-state index >= 15 is 0 Å². The Morgan fingerprint density at radius 1 is 1.10 bits per heavy atom. The molecule has 180 valence electrons. The first kappa shape index (κ1) is 25.8. The third-order valence-electron chi connectivity index (χ3n) is 8.41. The van der Waals surface area contributed by atoms with E-state index in [1.54, 1.807) is 0 Å². The number of rotatable bonds is 8. The van der Waals surface area contributed by atoms with Crippen LogP contribution >= 0.6 is 23.2 Å². The Kier molecular flexibility index (Phi) is 9.63. The number of hydrogen-bond acceptors (Lipinski definition) is 3. The van der Waals surface area contributed by atoms with E-state index in [9.17, 15) is 5.11 Å². The van der Waals surface area contributed by atoms with Crippen molar-refractivity contribution in [3.8, 4) is 0 Å². The summed E-state index contributed by atoms with van der Waals surface area (Å²) in [5, 5.41) is 13.9. The Hall–Kier alpha value is 0.200. The molecule has 3 aliphatic rings. The number of aliphatic hydroxyl groups excluding tert-OH is 1. The molecular weight excluding hydrogens is 427 g/mol. The Morgan fingerprint density at radius 2 is 1.87 bits per heavy atom. The predicted octanol–water partition coefficient (Wildman–Crippen LogP) is 5.54. The third kappa shape index (κ3) is 7.09. The molecule has 1 saturated heterocycles. The summed E-state index contributed by atoms with van der Waals surface area (Å²) in [4.78, 5) is 2.71. The first-order valence-corrected chi connectivity index (χ1v) is 13.6. The highest BCUT2D eigenvalue weighted by Crippen LogP contribution is 2.43. The second-order valence-electron chi connectivity index (χ2n) is 11.7. The van der Waals surface area contributed by atoms with Gasteiger partial charge in [0.2, 0.25) is 0 Å². The normalized spacial score (nSPS) is 37.8. The average molecular weight is 474 g/mol. The van der Waals surface area contributed by atoms with E-state index in [0.717, 1.165) is 38.3 Å². The lowest BCUT2D eigenvalue weighted by molar-refractivity contribution is 0.0215. The minimum Gasteiger partial charge on any atom is -0.396 e. The molecule has 2 N–H and O–H groups in total. The van der Waals surface area contributed by atoms with Gasteiger partial charge in [-0.25, -0.2) is 0 Å². The number of nitrogens with one attached hydrogen (secondary N) is 1. The zero-order valence-corrected chi connectivity index (χ0v) is 21.7. The van der Waals surface area contributed by atoms with Gasteiger partial charge in [-0.2, -0.15) is 0 Å². The summed E-state index contributed by atoms with van der Waals surface area (Å²) in [6.07, 6.45) is 11.6. The van der Waals surface area contributed by atoms with E-state index < -0.39 is 0 Å². The molecule has 0 aromatic carbocycles. The van der Waals surface area contributed by atoms with Crippen LogP contribution in [-0.2, 0) is 0 Å². The molecule has 0 aromatic heterocycles. The maximum atomic E-state index is 9.62. The molecule has 0 spiro atoms. The lowest BCUT2D eigenvalue weighted by Crippen LogP contribution is -2.53. The molecule has 1 saturated carbocycles. The first-order chi connectivity index (χ1) is 14.7. The van der Waals surface area contributed by atoms with Crippen molar-refractivity contribution in [1.82, 2.24) is 10.2 Å².